The molecule has 0 saturated carbocycles. The number of ether oxygens (including phenoxy) is 3. The van der Waals surface area contributed by atoms with Crippen LogP contribution in [0.25, 0.3) is 22.4 Å². The molecule has 0 atom stereocenters. The topological polar surface area (TPSA) is 53.7 Å². The predicted octanol–water partition coefficient (Wildman–Crippen LogP) is 4.34. The predicted molar refractivity (Wildman–Crippen MR) is 91.8 cm³/mol. The zero-order valence-corrected chi connectivity index (χ0v) is 14.1. The minimum absolute atomic E-state index is 0.596. The summed E-state index contributed by atoms with van der Waals surface area (Å²) in [6, 6.07) is 11.8. The van der Waals surface area contributed by atoms with Crippen molar-refractivity contribution in [3.63, 3.8) is 0 Å². The van der Waals surface area contributed by atoms with E-state index in [1.807, 2.05) is 18.2 Å². The van der Waals surface area contributed by atoms with E-state index in [1.165, 1.54) is 5.56 Å². The molecule has 0 spiro atoms. The highest BCUT2D eigenvalue weighted by molar-refractivity contribution is 5.84. The van der Waals surface area contributed by atoms with Gasteiger partial charge in [-0.25, -0.2) is 0 Å². The summed E-state index contributed by atoms with van der Waals surface area (Å²) in [6.07, 6.45) is 1.64. The quantitative estimate of drug-likeness (QED) is 0.698. The van der Waals surface area contributed by atoms with Gasteiger partial charge in [0.2, 0.25) is 0 Å². The summed E-state index contributed by atoms with van der Waals surface area (Å²) in [7, 11) is 4.79. The summed E-state index contributed by atoms with van der Waals surface area (Å²) < 4.78 is 21.5. The van der Waals surface area contributed by atoms with E-state index in [0.717, 1.165) is 16.7 Å². The molecule has 0 fully saturated rings. The van der Waals surface area contributed by atoms with Crippen molar-refractivity contribution in [3.05, 3.63) is 48.2 Å². The van der Waals surface area contributed by atoms with Crippen LogP contribution >= 0.6 is 0 Å². The van der Waals surface area contributed by atoms with Gasteiger partial charge >= 0.3 is 0 Å². The molecule has 0 unspecified atom stereocenters. The Morgan fingerprint density at radius 3 is 2.04 bits per heavy atom. The van der Waals surface area contributed by atoms with E-state index >= 15 is 0 Å². The van der Waals surface area contributed by atoms with Crippen LogP contribution in [0.3, 0.4) is 0 Å². The highest BCUT2D eigenvalue weighted by atomic mass is 16.5. The maximum Gasteiger partial charge on any atom is 0.164 e. The minimum Gasteiger partial charge on any atom is -0.496 e. The molecule has 3 rings (SSSR count). The van der Waals surface area contributed by atoms with Crippen molar-refractivity contribution in [2.45, 2.75) is 6.92 Å². The zero-order chi connectivity index (χ0) is 17.1. The van der Waals surface area contributed by atoms with Crippen LogP contribution in [0.5, 0.6) is 17.2 Å². The van der Waals surface area contributed by atoms with E-state index in [9.17, 15) is 0 Å². The van der Waals surface area contributed by atoms with Crippen LogP contribution in [-0.2, 0) is 0 Å². The van der Waals surface area contributed by atoms with E-state index in [4.69, 9.17) is 18.7 Å². The van der Waals surface area contributed by atoms with Crippen molar-refractivity contribution >= 4 is 0 Å². The van der Waals surface area contributed by atoms with Gasteiger partial charge in [-0.1, -0.05) is 35.0 Å². The molecular weight excluding hydrogens is 306 g/mol. The van der Waals surface area contributed by atoms with Crippen molar-refractivity contribution < 1.29 is 18.7 Å². The number of benzene rings is 2. The monoisotopic (exact) mass is 325 g/mol. The SMILES string of the molecule is COc1cc(OC)c(-c2nocc2-c2ccc(C)cc2)cc1OC. The Kier molecular flexibility index (Phi) is 4.42. The molecule has 124 valence electrons. The third-order valence-corrected chi connectivity index (χ3v) is 3.89. The fraction of sp³-hybridized carbons (Fsp3) is 0.211. The summed E-state index contributed by atoms with van der Waals surface area (Å²) in [4.78, 5) is 0. The molecule has 0 N–H and O–H groups in total. The van der Waals surface area contributed by atoms with Gasteiger partial charge in [-0.15, -0.1) is 0 Å². The average Bonchev–Trinajstić information content (AvgIpc) is 3.10. The van der Waals surface area contributed by atoms with Gasteiger partial charge in [0, 0.05) is 11.6 Å². The fourth-order valence-electron chi connectivity index (χ4n) is 2.58. The van der Waals surface area contributed by atoms with Crippen LogP contribution in [-0.4, -0.2) is 26.5 Å². The third-order valence-electron chi connectivity index (χ3n) is 3.89. The first-order chi connectivity index (χ1) is 11.7. The number of aryl methyl sites for hydroxylation is 1. The number of hydrogen-bond donors (Lipinski definition) is 0. The van der Waals surface area contributed by atoms with Gasteiger partial charge in [-0.05, 0) is 18.6 Å². The Balaban J connectivity index is 2.16. The van der Waals surface area contributed by atoms with Crippen LogP contribution in [0, 0.1) is 6.92 Å². The van der Waals surface area contributed by atoms with Crippen molar-refractivity contribution in [1.82, 2.24) is 5.16 Å². The van der Waals surface area contributed by atoms with Crippen LogP contribution < -0.4 is 14.2 Å². The molecule has 1 heterocycles. The molecule has 1 aromatic heterocycles. The second kappa shape index (κ2) is 6.66. The fourth-order valence-corrected chi connectivity index (χ4v) is 2.58. The maximum atomic E-state index is 5.50. The Morgan fingerprint density at radius 2 is 1.42 bits per heavy atom. The van der Waals surface area contributed by atoms with Crippen LogP contribution in [0.1, 0.15) is 5.56 Å². The zero-order valence-electron chi connectivity index (χ0n) is 14.1. The van der Waals surface area contributed by atoms with Gasteiger partial charge in [0.15, 0.2) is 11.5 Å². The molecule has 0 saturated heterocycles. The molecule has 0 aliphatic rings. The molecule has 3 aromatic rings. The van der Waals surface area contributed by atoms with E-state index in [-0.39, 0.29) is 0 Å². The molecular formula is C19H19NO4. The van der Waals surface area contributed by atoms with E-state index in [2.05, 4.69) is 24.2 Å². The Labute approximate surface area is 140 Å². The van der Waals surface area contributed by atoms with Gasteiger partial charge in [-0.3, -0.25) is 0 Å². The standard InChI is InChI=1S/C19H19NO4/c1-12-5-7-13(8-6-12)15-11-24-20-19(15)14-9-17(22-3)18(23-4)10-16(14)21-2/h5-11H,1-4H3. The first kappa shape index (κ1) is 15.9. The van der Waals surface area contributed by atoms with Gasteiger partial charge in [-0.2, -0.15) is 0 Å². The molecule has 5 nitrogen and oxygen atoms in total. The van der Waals surface area contributed by atoms with Crippen molar-refractivity contribution in [2.24, 2.45) is 0 Å². The highest BCUT2D eigenvalue weighted by Crippen LogP contribution is 2.42. The third kappa shape index (κ3) is 2.80. The van der Waals surface area contributed by atoms with E-state index in [0.29, 0.717) is 22.9 Å². The van der Waals surface area contributed by atoms with Gasteiger partial charge in [0.05, 0.1) is 26.9 Å². The molecule has 0 amide bonds. The second-order valence-electron chi connectivity index (χ2n) is 5.35. The Hall–Kier alpha value is -2.95. The normalized spacial score (nSPS) is 10.5. The second-order valence-corrected chi connectivity index (χ2v) is 5.35. The lowest BCUT2D eigenvalue weighted by molar-refractivity contribution is 0.349. The van der Waals surface area contributed by atoms with Gasteiger partial charge in [0.1, 0.15) is 17.7 Å². The average molecular weight is 325 g/mol. The number of methoxy groups -OCH3 is 3. The molecule has 0 bridgehead atoms. The molecule has 0 aliphatic carbocycles. The number of hydrogen-bond acceptors (Lipinski definition) is 5. The first-order valence-electron chi connectivity index (χ1n) is 7.49. The lowest BCUT2D eigenvalue weighted by Gasteiger charge is -2.13. The number of aromatic nitrogens is 1. The molecule has 2 aromatic carbocycles. The van der Waals surface area contributed by atoms with Gasteiger partial charge < -0.3 is 18.7 Å². The Morgan fingerprint density at radius 1 is 0.792 bits per heavy atom. The first-order valence-corrected chi connectivity index (χ1v) is 7.49. The van der Waals surface area contributed by atoms with E-state index in [1.54, 1.807) is 33.7 Å². The number of rotatable bonds is 5. The molecule has 0 aliphatic heterocycles. The summed E-state index contributed by atoms with van der Waals surface area (Å²) in [5, 5.41) is 4.17. The van der Waals surface area contributed by atoms with Crippen LogP contribution in [0.2, 0.25) is 0 Å². The van der Waals surface area contributed by atoms with Crippen molar-refractivity contribution in [1.29, 1.82) is 0 Å². The number of nitrogens with zero attached hydrogens (tertiary/aromatic N) is 1. The lowest BCUT2D eigenvalue weighted by Crippen LogP contribution is -1.95. The van der Waals surface area contributed by atoms with Crippen molar-refractivity contribution in [3.8, 4) is 39.6 Å². The highest BCUT2D eigenvalue weighted by Gasteiger charge is 2.19. The van der Waals surface area contributed by atoms with Crippen LogP contribution in [0.15, 0.2) is 47.2 Å². The smallest absolute Gasteiger partial charge is 0.164 e. The Bertz CT molecular complexity index is 837. The molecule has 24 heavy (non-hydrogen) atoms. The lowest BCUT2D eigenvalue weighted by atomic mass is 10.00. The van der Waals surface area contributed by atoms with Crippen LogP contribution in [0.4, 0.5) is 0 Å². The molecule has 5 heteroatoms. The largest absolute Gasteiger partial charge is 0.496 e. The summed E-state index contributed by atoms with van der Waals surface area (Å²) in [5.74, 6) is 1.83. The summed E-state index contributed by atoms with van der Waals surface area (Å²) in [6.45, 7) is 2.05. The van der Waals surface area contributed by atoms with E-state index < -0.39 is 0 Å². The molecule has 0 radical (unpaired) electrons. The summed E-state index contributed by atoms with van der Waals surface area (Å²) >= 11 is 0. The van der Waals surface area contributed by atoms with Crippen molar-refractivity contribution in [2.75, 3.05) is 21.3 Å². The maximum absolute atomic E-state index is 5.50. The van der Waals surface area contributed by atoms with Gasteiger partial charge in [0.25, 0.3) is 0 Å². The minimum atomic E-state index is 0.596. The summed E-state index contributed by atoms with van der Waals surface area (Å²) in [5.41, 5.74) is 4.57.